The third kappa shape index (κ3) is 4.99. The van der Waals surface area contributed by atoms with Crippen molar-refractivity contribution >= 4 is 51.3 Å². The average molecular weight is 449 g/mol. The van der Waals surface area contributed by atoms with Crippen LogP contribution < -0.4 is 10.6 Å². The first-order valence-corrected chi connectivity index (χ1v) is 10.9. The Kier molecular flexibility index (Phi) is 7.97. The van der Waals surface area contributed by atoms with Crippen molar-refractivity contribution in [2.75, 3.05) is 24.9 Å². The molecule has 0 atom stereocenters. The second kappa shape index (κ2) is 10.0. The number of carbonyl (C=O) groups is 2. The van der Waals surface area contributed by atoms with Crippen LogP contribution in [0.25, 0.3) is 0 Å². The van der Waals surface area contributed by atoms with Gasteiger partial charge in [-0.15, -0.1) is 11.3 Å². The molecular weight excluding hydrogens is 420 g/mol. The van der Waals surface area contributed by atoms with E-state index >= 15 is 0 Å². The summed E-state index contributed by atoms with van der Waals surface area (Å²) in [5, 5.41) is 7.14. The minimum atomic E-state index is -0.547. The molecule has 0 aliphatic heterocycles. The van der Waals surface area contributed by atoms with Gasteiger partial charge in [-0.25, -0.2) is 9.59 Å². The SMILES string of the molecule is COC(=O)c1sc(NC(=S)Nc2c(C(C)C)cccc2C(C)C)c(C(=O)OC)c1C. The van der Waals surface area contributed by atoms with Crippen LogP contribution in [0.1, 0.15) is 76.3 Å². The lowest BCUT2D eigenvalue weighted by molar-refractivity contribution is 0.0601. The lowest BCUT2D eigenvalue weighted by Crippen LogP contribution is -2.22. The fourth-order valence-electron chi connectivity index (χ4n) is 3.18. The van der Waals surface area contributed by atoms with Crippen LogP contribution in [0.5, 0.6) is 0 Å². The molecular formula is C22H28N2O4S2. The summed E-state index contributed by atoms with van der Waals surface area (Å²) in [6, 6.07) is 6.20. The summed E-state index contributed by atoms with van der Waals surface area (Å²) in [4.78, 5) is 24.7. The number of benzene rings is 1. The van der Waals surface area contributed by atoms with Gasteiger partial charge in [-0.2, -0.15) is 0 Å². The molecule has 0 saturated carbocycles. The van der Waals surface area contributed by atoms with E-state index < -0.39 is 11.9 Å². The lowest BCUT2D eigenvalue weighted by atomic mass is 9.93. The minimum absolute atomic E-state index is 0.272. The van der Waals surface area contributed by atoms with E-state index in [-0.39, 0.29) is 5.56 Å². The Morgan fingerprint density at radius 3 is 1.97 bits per heavy atom. The molecule has 2 N–H and O–H groups in total. The number of nitrogens with one attached hydrogen (secondary N) is 2. The van der Waals surface area contributed by atoms with Crippen LogP contribution in [0.3, 0.4) is 0 Å². The van der Waals surface area contributed by atoms with Gasteiger partial charge in [-0.3, -0.25) is 0 Å². The van der Waals surface area contributed by atoms with Gasteiger partial charge in [-0.1, -0.05) is 45.9 Å². The third-order valence-electron chi connectivity index (χ3n) is 4.75. The topological polar surface area (TPSA) is 76.7 Å². The Balaban J connectivity index is 2.43. The van der Waals surface area contributed by atoms with Crippen LogP contribution in [0.2, 0.25) is 0 Å². The molecule has 0 radical (unpaired) electrons. The number of hydrogen-bond donors (Lipinski definition) is 2. The number of thiophene rings is 1. The number of rotatable bonds is 6. The molecule has 0 unspecified atom stereocenters. The predicted molar refractivity (Wildman–Crippen MR) is 126 cm³/mol. The van der Waals surface area contributed by atoms with Crippen LogP contribution in [-0.2, 0) is 9.47 Å². The summed E-state index contributed by atoms with van der Waals surface area (Å²) in [6.45, 7) is 10.2. The van der Waals surface area contributed by atoms with Crippen molar-refractivity contribution in [1.29, 1.82) is 0 Å². The second-order valence-corrected chi connectivity index (χ2v) is 8.87. The number of esters is 2. The van der Waals surface area contributed by atoms with Crippen LogP contribution in [-0.4, -0.2) is 31.3 Å². The van der Waals surface area contributed by atoms with Crippen molar-refractivity contribution in [3.05, 3.63) is 45.3 Å². The summed E-state index contributed by atoms with van der Waals surface area (Å²) in [7, 11) is 2.60. The quantitative estimate of drug-likeness (QED) is 0.434. The van der Waals surface area contributed by atoms with Crippen LogP contribution >= 0.6 is 23.6 Å². The van der Waals surface area contributed by atoms with Gasteiger partial charge in [-0.05, 0) is 47.7 Å². The van der Waals surface area contributed by atoms with Crippen molar-refractivity contribution in [3.8, 4) is 0 Å². The van der Waals surface area contributed by atoms with E-state index in [9.17, 15) is 9.59 Å². The summed E-state index contributed by atoms with van der Waals surface area (Å²) in [6.07, 6.45) is 0. The maximum Gasteiger partial charge on any atom is 0.348 e. The highest BCUT2D eigenvalue weighted by molar-refractivity contribution is 7.80. The van der Waals surface area contributed by atoms with Gasteiger partial charge in [0.1, 0.15) is 9.88 Å². The Hall–Kier alpha value is -2.45. The Labute approximate surface area is 187 Å². The largest absolute Gasteiger partial charge is 0.465 e. The molecule has 162 valence electrons. The smallest absolute Gasteiger partial charge is 0.348 e. The number of methoxy groups -OCH3 is 2. The van der Waals surface area contributed by atoms with Gasteiger partial charge >= 0.3 is 11.9 Å². The van der Waals surface area contributed by atoms with Crippen molar-refractivity contribution in [1.82, 2.24) is 0 Å². The van der Waals surface area contributed by atoms with Gasteiger partial charge in [0.05, 0.1) is 19.8 Å². The summed E-state index contributed by atoms with van der Waals surface area (Å²) in [5.41, 5.74) is 4.02. The molecule has 2 aromatic rings. The van der Waals surface area contributed by atoms with Crippen LogP contribution in [0, 0.1) is 6.92 Å². The molecule has 0 fully saturated rings. The molecule has 8 heteroatoms. The zero-order valence-corrected chi connectivity index (χ0v) is 20.0. The molecule has 0 aliphatic carbocycles. The number of para-hydroxylation sites is 1. The molecule has 0 amide bonds. The molecule has 30 heavy (non-hydrogen) atoms. The fourth-order valence-corrected chi connectivity index (χ4v) is 4.57. The van der Waals surface area contributed by atoms with E-state index in [4.69, 9.17) is 21.7 Å². The summed E-state index contributed by atoms with van der Waals surface area (Å²) < 4.78 is 9.72. The first kappa shape index (κ1) is 23.8. The predicted octanol–water partition coefficient (Wildman–Crippen LogP) is 5.69. The highest BCUT2D eigenvalue weighted by atomic mass is 32.1. The summed E-state index contributed by atoms with van der Waals surface area (Å²) in [5.74, 6) is -0.458. The van der Waals surface area contributed by atoms with E-state index in [0.717, 1.165) is 28.2 Å². The molecule has 6 nitrogen and oxygen atoms in total. The average Bonchev–Trinajstić information content (AvgIpc) is 3.02. The fraction of sp³-hybridized carbons (Fsp3) is 0.409. The Bertz CT molecular complexity index is 938. The lowest BCUT2D eigenvalue weighted by Gasteiger charge is -2.21. The number of anilines is 2. The van der Waals surface area contributed by atoms with E-state index in [1.165, 1.54) is 14.2 Å². The third-order valence-corrected chi connectivity index (χ3v) is 6.14. The molecule has 0 aliphatic rings. The highest BCUT2D eigenvalue weighted by Gasteiger charge is 2.26. The molecule has 1 heterocycles. The van der Waals surface area contributed by atoms with Gasteiger partial charge < -0.3 is 20.1 Å². The van der Waals surface area contributed by atoms with E-state index in [2.05, 4.69) is 50.5 Å². The normalized spacial score (nSPS) is 10.8. The molecule has 0 saturated heterocycles. The highest BCUT2D eigenvalue weighted by Crippen LogP contribution is 2.35. The molecule has 1 aromatic carbocycles. The maximum absolute atomic E-state index is 12.3. The van der Waals surface area contributed by atoms with Gasteiger partial charge in [0.2, 0.25) is 0 Å². The molecule has 0 bridgehead atoms. The minimum Gasteiger partial charge on any atom is -0.465 e. The van der Waals surface area contributed by atoms with Crippen molar-refractivity contribution in [3.63, 3.8) is 0 Å². The Morgan fingerprint density at radius 2 is 1.50 bits per heavy atom. The number of hydrogen-bond acceptors (Lipinski definition) is 6. The second-order valence-electron chi connectivity index (χ2n) is 7.44. The van der Waals surface area contributed by atoms with E-state index in [1.54, 1.807) is 6.92 Å². The maximum atomic E-state index is 12.3. The number of ether oxygens (including phenoxy) is 2. The van der Waals surface area contributed by atoms with Crippen molar-refractivity contribution < 1.29 is 19.1 Å². The number of carbonyl (C=O) groups excluding carboxylic acids is 2. The first-order valence-electron chi connectivity index (χ1n) is 9.63. The standard InChI is InChI=1S/C22H28N2O4S2/c1-11(2)14-9-8-10-15(12(3)4)17(14)23-22(29)24-19-16(20(25)27-6)13(5)18(30-19)21(26)28-7/h8-12H,1-7H3,(H2,23,24,29). The molecule has 2 rings (SSSR count). The zero-order valence-electron chi connectivity index (χ0n) is 18.3. The van der Waals surface area contributed by atoms with Crippen LogP contribution in [0.4, 0.5) is 10.7 Å². The monoisotopic (exact) mass is 448 g/mol. The molecule has 0 spiro atoms. The van der Waals surface area contributed by atoms with E-state index in [1.807, 2.05) is 6.07 Å². The zero-order chi connectivity index (χ0) is 22.6. The van der Waals surface area contributed by atoms with Crippen molar-refractivity contribution in [2.45, 2.75) is 46.5 Å². The first-order chi connectivity index (χ1) is 14.1. The van der Waals surface area contributed by atoms with Gasteiger partial charge in [0.15, 0.2) is 5.11 Å². The van der Waals surface area contributed by atoms with Gasteiger partial charge in [0, 0.05) is 5.69 Å². The Morgan fingerprint density at radius 1 is 0.967 bits per heavy atom. The van der Waals surface area contributed by atoms with Crippen molar-refractivity contribution in [2.24, 2.45) is 0 Å². The molecule has 1 aromatic heterocycles. The van der Waals surface area contributed by atoms with Gasteiger partial charge in [0.25, 0.3) is 0 Å². The summed E-state index contributed by atoms with van der Waals surface area (Å²) >= 11 is 6.66. The van der Waals surface area contributed by atoms with Crippen LogP contribution in [0.15, 0.2) is 18.2 Å². The number of thiocarbonyl (C=S) groups is 1. The van der Waals surface area contributed by atoms with E-state index in [0.29, 0.717) is 32.4 Å².